The van der Waals surface area contributed by atoms with Crippen LogP contribution in [0.3, 0.4) is 0 Å². The van der Waals surface area contributed by atoms with E-state index in [2.05, 4.69) is 18.9 Å². The lowest BCUT2D eigenvalue weighted by atomic mass is 10.00. The number of fused-ring (bicyclic) bond motifs is 1. The van der Waals surface area contributed by atoms with Gasteiger partial charge in [-0.2, -0.15) is 0 Å². The van der Waals surface area contributed by atoms with Crippen molar-refractivity contribution in [1.82, 2.24) is 4.90 Å². The Kier molecular flexibility index (Phi) is 0.945. The summed E-state index contributed by atoms with van der Waals surface area (Å²) in [7, 11) is 2.15. The lowest BCUT2D eigenvalue weighted by Crippen LogP contribution is -2.35. The van der Waals surface area contributed by atoms with Crippen molar-refractivity contribution < 1.29 is 4.74 Å². The summed E-state index contributed by atoms with van der Waals surface area (Å²) in [5.41, 5.74) is 0.284. The average molecular weight is 127 g/mol. The van der Waals surface area contributed by atoms with Crippen molar-refractivity contribution in [2.24, 2.45) is 0 Å². The van der Waals surface area contributed by atoms with Crippen molar-refractivity contribution in [2.45, 2.75) is 25.0 Å². The molecule has 2 fully saturated rings. The number of ether oxygens (including phenoxy) is 1. The molecule has 0 saturated carbocycles. The van der Waals surface area contributed by atoms with Gasteiger partial charge in [0.25, 0.3) is 0 Å². The molecule has 2 heteroatoms. The highest BCUT2D eigenvalue weighted by molar-refractivity contribution is 5.03. The highest BCUT2D eigenvalue weighted by atomic mass is 16.6. The molecular weight excluding hydrogens is 114 g/mol. The Morgan fingerprint density at radius 2 is 2.44 bits per heavy atom. The Labute approximate surface area is 55.8 Å². The zero-order chi connectivity index (χ0) is 6.48. The van der Waals surface area contributed by atoms with E-state index in [-0.39, 0.29) is 5.60 Å². The zero-order valence-corrected chi connectivity index (χ0v) is 6.05. The first-order valence-corrected chi connectivity index (χ1v) is 3.57. The first-order valence-electron chi connectivity index (χ1n) is 3.57. The van der Waals surface area contributed by atoms with Crippen LogP contribution in [0.5, 0.6) is 0 Å². The van der Waals surface area contributed by atoms with E-state index in [4.69, 9.17) is 4.74 Å². The first kappa shape index (κ1) is 5.69. The second kappa shape index (κ2) is 1.50. The van der Waals surface area contributed by atoms with E-state index in [1.54, 1.807) is 0 Å². The highest BCUT2D eigenvalue weighted by Gasteiger charge is 2.54. The number of rotatable bonds is 0. The zero-order valence-electron chi connectivity index (χ0n) is 6.05. The van der Waals surface area contributed by atoms with Gasteiger partial charge in [-0.05, 0) is 20.4 Å². The SMILES string of the molecule is CN1CC[C@]2(C)O[C@@H]2C1. The molecule has 0 aromatic rings. The van der Waals surface area contributed by atoms with Crippen LogP contribution in [0.25, 0.3) is 0 Å². The van der Waals surface area contributed by atoms with Crippen LogP contribution in [0.4, 0.5) is 0 Å². The molecule has 2 rings (SSSR count). The number of nitrogens with zero attached hydrogens (tertiary/aromatic N) is 1. The maximum absolute atomic E-state index is 5.49. The molecular formula is C7H13NO. The summed E-state index contributed by atoms with van der Waals surface area (Å²) in [5, 5.41) is 0. The third-order valence-electron chi connectivity index (χ3n) is 2.50. The fourth-order valence-electron chi connectivity index (χ4n) is 1.53. The Balaban J connectivity index is 2.01. The van der Waals surface area contributed by atoms with Crippen LogP contribution in [0, 0.1) is 0 Å². The molecule has 0 amide bonds. The van der Waals surface area contributed by atoms with Gasteiger partial charge in [-0.1, -0.05) is 0 Å². The van der Waals surface area contributed by atoms with E-state index in [1.165, 1.54) is 13.0 Å². The lowest BCUT2D eigenvalue weighted by molar-refractivity contribution is 0.274. The fraction of sp³-hybridized carbons (Fsp3) is 1.00. The summed E-state index contributed by atoms with van der Waals surface area (Å²) >= 11 is 0. The van der Waals surface area contributed by atoms with Crippen molar-refractivity contribution >= 4 is 0 Å². The Hall–Kier alpha value is -0.0800. The molecule has 0 N–H and O–H groups in total. The van der Waals surface area contributed by atoms with Crippen molar-refractivity contribution in [3.8, 4) is 0 Å². The molecule has 0 bridgehead atoms. The van der Waals surface area contributed by atoms with Crippen LogP contribution >= 0.6 is 0 Å². The Bertz CT molecular complexity index is 137. The normalized spacial score (nSPS) is 50.7. The Morgan fingerprint density at radius 1 is 1.67 bits per heavy atom. The van der Waals surface area contributed by atoms with Gasteiger partial charge >= 0.3 is 0 Å². The summed E-state index contributed by atoms with van der Waals surface area (Å²) in [6.45, 7) is 4.55. The van der Waals surface area contributed by atoms with Crippen molar-refractivity contribution in [2.75, 3.05) is 20.1 Å². The van der Waals surface area contributed by atoms with Gasteiger partial charge in [0.1, 0.15) is 0 Å². The van der Waals surface area contributed by atoms with E-state index >= 15 is 0 Å². The predicted molar refractivity (Wildman–Crippen MR) is 35.4 cm³/mol. The van der Waals surface area contributed by atoms with E-state index < -0.39 is 0 Å². The summed E-state index contributed by atoms with van der Waals surface area (Å²) in [6.07, 6.45) is 1.77. The number of likely N-dealkylation sites (N-methyl/N-ethyl adjacent to an activating group) is 1. The van der Waals surface area contributed by atoms with E-state index in [9.17, 15) is 0 Å². The van der Waals surface area contributed by atoms with Gasteiger partial charge in [-0.3, -0.25) is 0 Å². The fourth-order valence-corrected chi connectivity index (χ4v) is 1.53. The molecule has 2 atom stereocenters. The molecule has 0 aliphatic carbocycles. The number of likely N-dealkylation sites (tertiary alicyclic amines) is 1. The average Bonchev–Trinajstić information content (AvgIpc) is 2.41. The van der Waals surface area contributed by atoms with Crippen LogP contribution in [-0.4, -0.2) is 36.7 Å². The van der Waals surface area contributed by atoms with Gasteiger partial charge in [0.05, 0.1) is 11.7 Å². The van der Waals surface area contributed by atoms with E-state index in [0.29, 0.717) is 6.10 Å². The second-order valence-electron chi connectivity index (χ2n) is 3.43. The lowest BCUT2D eigenvalue weighted by Gasteiger charge is -2.21. The molecule has 2 aliphatic rings. The number of hydrogen-bond donors (Lipinski definition) is 0. The standard InChI is InChI=1S/C7H13NO/c1-7-3-4-8(2)5-6(7)9-7/h6H,3-5H2,1-2H3/t6-,7+/m1/s1. The second-order valence-corrected chi connectivity index (χ2v) is 3.43. The molecule has 2 aliphatic heterocycles. The summed E-state index contributed by atoms with van der Waals surface area (Å²) < 4.78 is 5.49. The number of piperidine rings is 1. The van der Waals surface area contributed by atoms with Crippen molar-refractivity contribution in [3.05, 3.63) is 0 Å². The van der Waals surface area contributed by atoms with E-state index in [1.807, 2.05) is 0 Å². The van der Waals surface area contributed by atoms with Gasteiger partial charge < -0.3 is 9.64 Å². The van der Waals surface area contributed by atoms with Crippen LogP contribution in [0.15, 0.2) is 0 Å². The van der Waals surface area contributed by atoms with Gasteiger partial charge in [0, 0.05) is 13.1 Å². The molecule has 0 aromatic heterocycles. The minimum Gasteiger partial charge on any atom is -0.365 e. The number of epoxide rings is 1. The highest BCUT2D eigenvalue weighted by Crippen LogP contribution is 2.42. The molecule has 0 aromatic carbocycles. The molecule has 52 valence electrons. The molecule has 0 spiro atoms. The molecule has 2 heterocycles. The van der Waals surface area contributed by atoms with Crippen LogP contribution in [0.2, 0.25) is 0 Å². The van der Waals surface area contributed by atoms with Crippen molar-refractivity contribution in [3.63, 3.8) is 0 Å². The predicted octanol–water partition coefficient (Wildman–Crippen LogP) is 0.479. The maximum Gasteiger partial charge on any atom is 0.0997 e. The smallest absolute Gasteiger partial charge is 0.0997 e. The topological polar surface area (TPSA) is 15.8 Å². The van der Waals surface area contributed by atoms with Crippen molar-refractivity contribution in [1.29, 1.82) is 0 Å². The summed E-state index contributed by atoms with van der Waals surface area (Å²) in [5.74, 6) is 0. The monoisotopic (exact) mass is 127 g/mol. The molecule has 0 radical (unpaired) electrons. The maximum atomic E-state index is 5.49. The minimum atomic E-state index is 0.284. The van der Waals surface area contributed by atoms with Crippen LogP contribution in [0.1, 0.15) is 13.3 Å². The van der Waals surface area contributed by atoms with Gasteiger partial charge in [-0.15, -0.1) is 0 Å². The first-order chi connectivity index (χ1) is 4.21. The van der Waals surface area contributed by atoms with Gasteiger partial charge in [0.2, 0.25) is 0 Å². The van der Waals surface area contributed by atoms with Gasteiger partial charge in [0.15, 0.2) is 0 Å². The summed E-state index contributed by atoms with van der Waals surface area (Å²) in [6, 6.07) is 0. The minimum absolute atomic E-state index is 0.284. The van der Waals surface area contributed by atoms with Crippen LogP contribution < -0.4 is 0 Å². The third-order valence-corrected chi connectivity index (χ3v) is 2.50. The largest absolute Gasteiger partial charge is 0.365 e. The van der Waals surface area contributed by atoms with E-state index in [0.717, 1.165) is 6.54 Å². The molecule has 2 saturated heterocycles. The third kappa shape index (κ3) is 0.775. The quantitative estimate of drug-likeness (QED) is 0.440. The van der Waals surface area contributed by atoms with Crippen LogP contribution in [-0.2, 0) is 4.74 Å². The Morgan fingerprint density at radius 3 is 3.00 bits per heavy atom. The summed E-state index contributed by atoms with van der Waals surface area (Å²) in [4.78, 5) is 2.33. The number of hydrogen-bond acceptors (Lipinski definition) is 2. The molecule has 9 heavy (non-hydrogen) atoms. The van der Waals surface area contributed by atoms with Gasteiger partial charge in [-0.25, -0.2) is 0 Å². The molecule has 2 nitrogen and oxygen atoms in total. The molecule has 0 unspecified atom stereocenters.